The first-order valence-corrected chi connectivity index (χ1v) is 11.5. The minimum absolute atomic E-state index is 0.401. The van der Waals surface area contributed by atoms with Crippen molar-refractivity contribution in [2.45, 2.75) is 42.6 Å². The monoisotopic (exact) mass is 436 g/mol. The van der Waals surface area contributed by atoms with Crippen molar-refractivity contribution in [1.29, 1.82) is 0 Å². The first-order chi connectivity index (χ1) is 14.8. The van der Waals surface area contributed by atoms with E-state index in [0.717, 1.165) is 40.7 Å². The zero-order valence-corrected chi connectivity index (χ0v) is 17.9. The first kappa shape index (κ1) is 19.4. The molecule has 0 radical (unpaired) electrons. The molecule has 0 saturated heterocycles. The van der Waals surface area contributed by atoms with Gasteiger partial charge in [-0.2, -0.15) is 0 Å². The second kappa shape index (κ2) is 8.66. The predicted molar refractivity (Wildman–Crippen MR) is 119 cm³/mol. The highest BCUT2D eigenvalue weighted by Gasteiger charge is 2.26. The molecular weight excluding hydrogens is 416 g/mol. The third-order valence-corrected chi connectivity index (χ3v) is 6.66. The zero-order valence-electron chi connectivity index (χ0n) is 16.4. The molecule has 4 aromatic rings. The van der Waals surface area contributed by atoms with Crippen molar-refractivity contribution < 1.29 is 4.42 Å². The molecule has 0 N–H and O–H groups in total. The molecule has 1 aliphatic rings. The fraction of sp³-hybridized carbons (Fsp3) is 0.261. The van der Waals surface area contributed by atoms with Crippen LogP contribution in [0.3, 0.4) is 0 Å². The van der Waals surface area contributed by atoms with Crippen LogP contribution in [0.1, 0.15) is 37.6 Å². The Morgan fingerprint density at radius 1 is 1.00 bits per heavy atom. The van der Waals surface area contributed by atoms with Crippen LogP contribution in [0, 0.1) is 0 Å². The van der Waals surface area contributed by atoms with Crippen LogP contribution in [0.15, 0.2) is 70.4 Å². The minimum Gasteiger partial charge on any atom is -0.440 e. The number of thioether (sulfide) groups is 1. The van der Waals surface area contributed by atoms with E-state index in [0.29, 0.717) is 22.7 Å². The lowest BCUT2D eigenvalue weighted by atomic mass is 10.2. The smallest absolute Gasteiger partial charge is 0.205 e. The Bertz CT molecular complexity index is 1140. The molecule has 5 nitrogen and oxygen atoms in total. The van der Waals surface area contributed by atoms with Gasteiger partial charge in [-0.05, 0) is 25.0 Å². The Hall–Kier alpha value is -2.57. The Labute approximate surface area is 184 Å². The summed E-state index contributed by atoms with van der Waals surface area (Å²) < 4.78 is 8.22. The summed E-state index contributed by atoms with van der Waals surface area (Å²) in [6.07, 6.45) is 6.52. The Morgan fingerprint density at radius 2 is 1.77 bits per heavy atom. The van der Waals surface area contributed by atoms with Crippen molar-refractivity contribution in [3.05, 3.63) is 71.7 Å². The van der Waals surface area contributed by atoms with E-state index in [2.05, 4.69) is 19.7 Å². The predicted octanol–water partition coefficient (Wildman–Crippen LogP) is 6.66. The summed E-state index contributed by atoms with van der Waals surface area (Å²) in [6.45, 7) is 0. The van der Waals surface area contributed by atoms with E-state index >= 15 is 0 Å². The van der Waals surface area contributed by atoms with Crippen LogP contribution in [0.5, 0.6) is 0 Å². The van der Waals surface area contributed by atoms with E-state index in [9.17, 15) is 0 Å². The number of nitrogens with zero attached hydrogens (tertiary/aromatic N) is 4. The average Bonchev–Trinajstić information content (AvgIpc) is 3.53. The molecule has 2 aromatic heterocycles. The number of rotatable bonds is 6. The molecule has 0 atom stereocenters. The van der Waals surface area contributed by atoms with Gasteiger partial charge in [-0.15, -0.1) is 10.2 Å². The molecular formula is C23H21ClN4OS. The van der Waals surface area contributed by atoms with Crippen LogP contribution in [-0.2, 0) is 5.75 Å². The maximum atomic E-state index is 6.47. The maximum Gasteiger partial charge on any atom is 0.205 e. The first-order valence-electron chi connectivity index (χ1n) is 10.1. The molecule has 0 bridgehead atoms. The summed E-state index contributed by atoms with van der Waals surface area (Å²) in [5, 5.41) is 10.6. The number of aromatic nitrogens is 4. The Kier molecular flexibility index (Phi) is 5.60. The van der Waals surface area contributed by atoms with Crippen LogP contribution in [-0.4, -0.2) is 19.7 Å². The average molecular weight is 437 g/mol. The maximum absolute atomic E-state index is 6.47. The number of benzene rings is 2. The highest BCUT2D eigenvalue weighted by atomic mass is 35.5. The van der Waals surface area contributed by atoms with Crippen molar-refractivity contribution in [2.24, 2.45) is 0 Å². The lowest BCUT2D eigenvalue weighted by Gasteiger charge is -2.17. The van der Waals surface area contributed by atoms with E-state index < -0.39 is 0 Å². The molecule has 0 aliphatic heterocycles. The third-order valence-electron chi connectivity index (χ3n) is 5.41. The van der Waals surface area contributed by atoms with Gasteiger partial charge in [0.2, 0.25) is 5.89 Å². The van der Waals surface area contributed by atoms with Gasteiger partial charge in [0.05, 0.1) is 17.0 Å². The molecule has 1 aliphatic carbocycles. The number of halogens is 1. The molecule has 152 valence electrons. The van der Waals surface area contributed by atoms with E-state index in [1.165, 1.54) is 12.8 Å². The van der Waals surface area contributed by atoms with Gasteiger partial charge in [0, 0.05) is 17.2 Å². The van der Waals surface area contributed by atoms with Gasteiger partial charge in [0.1, 0.15) is 0 Å². The van der Waals surface area contributed by atoms with Crippen molar-refractivity contribution in [1.82, 2.24) is 19.7 Å². The summed E-state index contributed by atoms with van der Waals surface area (Å²) in [4.78, 5) is 4.45. The second-order valence-electron chi connectivity index (χ2n) is 7.37. The summed E-state index contributed by atoms with van der Waals surface area (Å²) in [6, 6.07) is 18.2. The zero-order chi connectivity index (χ0) is 20.3. The standard InChI is InChI=1S/C23H21ClN4OS/c24-19-13-7-6-12-18(19)22-26-27-23(28(22)17-10-4-5-11-17)30-15-21-25-14-20(29-21)16-8-2-1-3-9-16/h1-3,6-9,12-14,17H,4-5,10-11,15H2. The van der Waals surface area contributed by atoms with Crippen LogP contribution >= 0.6 is 23.4 Å². The van der Waals surface area contributed by atoms with Crippen LogP contribution in [0.4, 0.5) is 0 Å². The van der Waals surface area contributed by atoms with Gasteiger partial charge < -0.3 is 4.42 Å². The van der Waals surface area contributed by atoms with Gasteiger partial charge >= 0.3 is 0 Å². The molecule has 7 heteroatoms. The van der Waals surface area contributed by atoms with Gasteiger partial charge in [-0.25, -0.2) is 4.98 Å². The van der Waals surface area contributed by atoms with Crippen LogP contribution in [0.2, 0.25) is 5.02 Å². The minimum atomic E-state index is 0.401. The second-order valence-corrected chi connectivity index (χ2v) is 8.72. The number of hydrogen-bond donors (Lipinski definition) is 0. The van der Waals surface area contributed by atoms with Crippen molar-refractivity contribution >= 4 is 23.4 Å². The van der Waals surface area contributed by atoms with Gasteiger partial charge in [-0.1, -0.05) is 78.7 Å². The number of oxazole rings is 1. The molecule has 0 amide bonds. The molecule has 1 fully saturated rings. The van der Waals surface area contributed by atoms with Gasteiger partial charge in [-0.3, -0.25) is 4.57 Å². The summed E-state index contributed by atoms with van der Waals surface area (Å²) >= 11 is 8.07. The summed E-state index contributed by atoms with van der Waals surface area (Å²) in [7, 11) is 0. The van der Waals surface area contributed by atoms with E-state index in [-0.39, 0.29) is 0 Å². The lowest BCUT2D eigenvalue weighted by molar-refractivity contribution is 0.484. The molecule has 1 saturated carbocycles. The third kappa shape index (κ3) is 3.89. The SMILES string of the molecule is Clc1ccccc1-c1nnc(SCc2ncc(-c3ccccc3)o2)n1C1CCCC1. The van der Waals surface area contributed by atoms with Crippen molar-refractivity contribution in [3.63, 3.8) is 0 Å². The molecule has 0 unspecified atom stereocenters. The van der Waals surface area contributed by atoms with Crippen molar-refractivity contribution in [2.75, 3.05) is 0 Å². The van der Waals surface area contributed by atoms with Crippen molar-refractivity contribution in [3.8, 4) is 22.7 Å². The van der Waals surface area contributed by atoms with E-state index in [1.54, 1.807) is 18.0 Å². The molecule has 2 aromatic carbocycles. The fourth-order valence-corrected chi connectivity index (χ4v) is 5.01. The van der Waals surface area contributed by atoms with Gasteiger partial charge in [0.25, 0.3) is 0 Å². The fourth-order valence-electron chi connectivity index (χ4n) is 3.93. The van der Waals surface area contributed by atoms with Crippen LogP contribution in [0.25, 0.3) is 22.7 Å². The highest BCUT2D eigenvalue weighted by Crippen LogP contribution is 2.38. The van der Waals surface area contributed by atoms with E-state index in [1.807, 2.05) is 54.6 Å². The molecule has 2 heterocycles. The molecule has 0 spiro atoms. The lowest BCUT2D eigenvalue weighted by Crippen LogP contribution is -2.08. The largest absolute Gasteiger partial charge is 0.440 e. The molecule has 5 rings (SSSR count). The normalized spacial score (nSPS) is 14.4. The van der Waals surface area contributed by atoms with Crippen LogP contribution < -0.4 is 0 Å². The molecule has 30 heavy (non-hydrogen) atoms. The summed E-state index contributed by atoms with van der Waals surface area (Å²) in [5.41, 5.74) is 1.95. The quantitative estimate of drug-likeness (QED) is 0.316. The Morgan fingerprint density at radius 3 is 2.57 bits per heavy atom. The highest BCUT2D eigenvalue weighted by molar-refractivity contribution is 7.98. The Balaban J connectivity index is 1.41. The van der Waals surface area contributed by atoms with E-state index in [4.69, 9.17) is 16.0 Å². The number of hydrogen-bond acceptors (Lipinski definition) is 5. The van der Waals surface area contributed by atoms with Gasteiger partial charge in [0.15, 0.2) is 16.7 Å². The topological polar surface area (TPSA) is 56.7 Å². The summed E-state index contributed by atoms with van der Waals surface area (Å²) in [5.74, 6) is 2.90.